The molecule has 2 unspecified atom stereocenters. The molecule has 84 valence electrons. The molecule has 0 aliphatic heterocycles. The van der Waals surface area contributed by atoms with Gasteiger partial charge in [-0.05, 0) is 37.0 Å². The highest BCUT2D eigenvalue weighted by Gasteiger charge is 2.61. The van der Waals surface area contributed by atoms with Crippen LogP contribution in [0.2, 0.25) is 0 Å². The van der Waals surface area contributed by atoms with Gasteiger partial charge >= 0.3 is 5.97 Å². The zero-order chi connectivity index (χ0) is 11.1. The van der Waals surface area contributed by atoms with Crippen LogP contribution in [0, 0.1) is 17.3 Å². The summed E-state index contributed by atoms with van der Waals surface area (Å²) in [5.41, 5.74) is 1.67. The molecule has 0 bridgehead atoms. The quantitative estimate of drug-likeness (QED) is 0.515. The lowest BCUT2D eigenvalue weighted by molar-refractivity contribution is -0.143. The number of methoxy groups -OCH3 is 1. The average Bonchev–Trinajstić information content (AvgIpc) is 2.60. The van der Waals surface area contributed by atoms with Crippen LogP contribution in [-0.4, -0.2) is 13.1 Å². The molecule has 15 heavy (non-hydrogen) atoms. The van der Waals surface area contributed by atoms with Gasteiger partial charge in [0.25, 0.3) is 0 Å². The summed E-state index contributed by atoms with van der Waals surface area (Å²) in [6.45, 7) is 4.32. The van der Waals surface area contributed by atoms with Gasteiger partial charge in [0.05, 0.1) is 13.0 Å². The van der Waals surface area contributed by atoms with Gasteiger partial charge in [-0.2, -0.15) is 0 Å². The Bertz CT molecular complexity index is 294. The van der Waals surface area contributed by atoms with Crippen LogP contribution in [0.15, 0.2) is 11.6 Å². The first-order valence-corrected chi connectivity index (χ1v) is 5.84. The third-order valence-corrected chi connectivity index (χ3v) is 4.03. The molecule has 0 radical (unpaired) electrons. The topological polar surface area (TPSA) is 26.3 Å². The van der Waals surface area contributed by atoms with Crippen molar-refractivity contribution in [2.45, 2.75) is 39.5 Å². The molecule has 2 saturated carbocycles. The van der Waals surface area contributed by atoms with Gasteiger partial charge in [0.1, 0.15) is 0 Å². The first-order chi connectivity index (χ1) is 7.07. The zero-order valence-electron chi connectivity index (χ0n) is 9.88. The number of hydrogen-bond donors (Lipinski definition) is 0. The minimum Gasteiger partial charge on any atom is -0.469 e. The van der Waals surface area contributed by atoms with Crippen molar-refractivity contribution in [1.82, 2.24) is 0 Å². The Balaban J connectivity index is 2.05. The maximum Gasteiger partial charge on any atom is 0.309 e. The summed E-state index contributed by atoms with van der Waals surface area (Å²) >= 11 is 0. The van der Waals surface area contributed by atoms with Crippen molar-refractivity contribution in [3.8, 4) is 0 Å². The van der Waals surface area contributed by atoms with Crippen LogP contribution in [0.5, 0.6) is 0 Å². The van der Waals surface area contributed by atoms with E-state index in [0.717, 1.165) is 0 Å². The normalized spacial score (nSPS) is 32.6. The van der Waals surface area contributed by atoms with E-state index in [-0.39, 0.29) is 17.3 Å². The minimum atomic E-state index is -0.0418. The molecule has 0 aromatic rings. The number of esters is 1. The van der Waals surface area contributed by atoms with E-state index in [0.29, 0.717) is 5.92 Å². The third kappa shape index (κ3) is 1.82. The van der Waals surface area contributed by atoms with Gasteiger partial charge in [-0.3, -0.25) is 4.79 Å². The second-order valence-electron chi connectivity index (χ2n) is 5.38. The molecule has 2 rings (SSSR count). The van der Waals surface area contributed by atoms with E-state index in [1.165, 1.54) is 32.8 Å². The third-order valence-electron chi connectivity index (χ3n) is 4.03. The van der Waals surface area contributed by atoms with Crippen LogP contribution < -0.4 is 0 Å². The lowest BCUT2D eigenvalue weighted by Gasteiger charge is -1.99. The maximum atomic E-state index is 11.5. The minimum absolute atomic E-state index is 0.0418. The van der Waals surface area contributed by atoms with Gasteiger partial charge in [-0.25, -0.2) is 0 Å². The summed E-state index contributed by atoms with van der Waals surface area (Å²) in [5.74, 6) is 0.466. The molecule has 2 heteroatoms. The van der Waals surface area contributed by atoms with E-state index in [9.17, 15) is 4.79 Å². The molecule has 0 saturated heterocycles. The number of allylic oxidation sites excluding steroid dienone is 2. The highest BCUT2D eigenvalue weighted by atomic mass is 16.5. The number of hydrogen-bond acceptors (Lipinski definition) is 2. The van der Waals surface area contributed by atoms with Crippen LogP contribution in [-0.2, 0) is 9.53 Å². The molecular formula is C13H20O2. The van der Waals surface area contributed by atoms with Crippen LogP contribution in [0.25, 0.3) is 0 Å². The van der Waals surface area contributed by atoms with E-state index in [2.05, 4.69) is 19.9 Å². The smallest absolute Gasteiger partial charge is 0.309 e. The Kier molecular flexibility index (Phi) is 2.61. The summed E-state index contributed by atoms with van der Waals surface area (Å²) in [5, 5.41) is 0. The van der Waals surface area contributed by atoms with Crippen molar-refractivity contribution in [2.75, 3.05) is 7.11 Å². The summed E-state index contributed by atoms with van der Waals surface area (Å²) < 4.78 is 4.84. The second kappa shape index (κ2) is 3.66. The molecule has 0 amide bonds. The van der Waals surface area contributed by atoms with Gasteiger partial charge in [0, 0.05) is 0 Å². The van der Waals surface area contributed by atoms with Crippen molar-refractivity contribution in [1.29, 1.82) is 0 Å². The molecule has 0 aromatic heterocycles. The summed E-state index contributed by atoms with van der Waals surface area (Å²) in [7, 11) is 1.48. The van der Waals surface area contributed by atoms with Crippen molar-refractivity contribution in [2.24, 2.45) is 17.3 Å². The van der Waals surface area contributed by atoms with Crippen molar-refractivity contribution >= 4 is 5.97 Å². The molecule has 0 spiro atoms. The number of carbonyl (C=O) groups excluding carboxylic acids is 1. The zero-order valence-corrected chi connectivity index (χ0v) is 9.88. The van der Waals surface area contributed by atoms with Gasteiger partial charge < -0.3 is 4.74 Å². The highest BCUT2D eigenvalue weighted by Crippen LogP contribution is 2.60. The average molecular weight is 208 g/mol. The monoisotopic (exact) mass is 208 g/mol. The number of rotatable bonds is 2. The van der Waals surface area contributed by atoms with Crippen LogP contribution in [0.1, 0.15) is 39.5 Å². The van der Waals surface area contributed by atoms with E-state index in [1.807, 2.05) is 0 Å². The fourth-order valence-corrected chi connectivity index (χ4v) is 2.82. The molecule has 0 heterocycles. The molecule has 2 aliphatic carbocycles. The molecule has 2 atom stereocenters. The Morgan fingerprint density at radius 2 is 2.00 bits per heavy atom. The maximum absolute atomic E-state index is 11.5. The Hall–Kier alpha value is -0.790. The predicted molar refractivity (Wildman–Crippen MR) is 59.3 cm³/mol. The predicted octanol–water partition coefficient (Wildman–Crippen LogP) is 2.93. The summed E-state index contributed by atoms with van der Waals surface area (Å²) in [6, 6.07) is 0. The SMILES string of the molecule is COC(=O)C1C(C=C2CCCC2)C1(C)C. The Labute approximate surface area is 91.7 Å². The van der Waals surface area contributed by atoms with Crippen LogP contribution in [0.4, 0.5) is 0 Å². The van der Waals surface area contributed by atoms with E-state index >= 15 is 0 Å². The number of carbonyl (C=O) groups is 1. The fraction of sp³-hybridized carbons (Fsp3) is 0.769. The summed E-state index contributed by atoms with van der Waals surface area (Å²) in [4.78, 5) is 11.5. The largest absolute Gasteiger partial charge is 0.469 e. The van der Waals surface area contributed by atoms with E-state index < -0.39 is 0 Å². The Morgan fingerprint density at radius 1 is 1.40 bits per heavy atom. The lowest BCUT2D eigenvalue weighted by atomic mass is 10.1. The second-order valence-corrected chi connectivity index (χ2v) is 5.38. The standard InChI is InChI=1S/C13H20O2/c1-13(2)10(11(13)12(14)15-3)8-9-6-4-5-7-9/h8,10-11H,4-7H2,1-3H3. The lowest BCUT2D eigenvalue weighted by Crippen LogP contribution is -2.07. The van der Waals surface area contributed by atoms with E-state index in [4.69, 9.17) is 4.74 Å². The van der Waals surface area contributed by atoms with Crippen LogP contribution in [0.3, 0.4) is 0 Å². The molecular weight excluding hydrogens is 188 g/mol. The van der Waals surface area contributed by atoms with Gasteiger partial charge in [-0.1, -0.05) is 25.5 Å². The molecule has 0 N–H and O–H groups in total. The number of ether oxygens (including phenoxy) is 1. The molecule has 2 nitrogen and oxygen atoms in total. The van der Waals surface area contributed by atoms with Gasteiger partial charge in [0.2, 0.25) is 0 Å². The van der Waals surface area contributed by atoms with Crippen molar-refractivity contribution < 1.29 is 9.53 Å². The molecule has 2 aliphatic rings. The Morgan fingerprint density at radius 3 is 2.53 bits per heavy atom. The summed E-state index contributed by atoms with van der Waals surface area (Å²) in [6.07, 6.45) is 7.46. The fourth-order valence-electron chi connectivity index (χ4n) is 2.82. The van der Waals surface area contributed by atoms with Gasteiger partial charge in [0.15, 0.2) is 0 Å². The van der Waals surface area contributed by atoms with Crippen molar-refractivity contribution in [3.63, 3.8) is 0 Å². The first-order valence-electron chi connectivity index (χ1n) is 5.84. The first kappa shape index (κ1) is 10.7. The van der Waals surface area contributed by atoms with E-state index in [1.54, 1.807) is 5.57 Å². The molecule has 0 aromatic carbocycles. The van der Waals surface area contributed by atoms with Crippen molar-refractivity contribution in [3.05, 3.63) is 11.6 Å². The molecule has 2 fully saturated rings. The van der Waals surface area contributed by atoms with Gasteiger partial charge in [-0.15, -0.1) is 0 Å². The van der Waals surface area contributed by atoms with Crippen LogP contribution >= 0.6 is 0 Å². The highest BCUT2D eigenvalue weighted by molar-refractivity contribution is 5.78.